The molecule has 162 valence electrons. The number of allylic oxidation sites excluding steroid dienone is 1. The minimum atomic E-state index is -0.199. The number of rotatable bonds is 10. The van der Waals surface area contributed by atoms with Crippen LogP contribution in [0.2, 0.25) is 5.02 Å². The topological polar surface area (TPSA) is 78.3 Å². The largest absolute Gasteiger partial charge is 0.497 e. The molecule has 7 nitrogen and oxygen atoms in total. The molecule has 1 N–H and O–H groups in total. The summed E-state index contributed by atoms with van der Waals surface area (Å²) < 4.78 is 12.4. The van der Waals surface area contributed by atoms with Crippen LogP contribution in [0.4, 0.5) is 5.69 Å². The van der Waals surface area contributed by atoms with Crippen LogP contribution in [0.25, 0.3) is 0 Å². The average molecular weight is 459 g/mol. The fourth-order valence-electron chi connectivity index (χ4n) is 2.89. The van der Waals surface area contributed by atoms with Gasteiger partial charge in [-0.05, 0) is 35.9 Å². The molecule has 0 atom stereocenters. The molecular formula is C22H23ClN4O3S. The van der Waals surface area contributed by atoms with Gasteiger partial charge in [0, 0.05) is 18.0 Å². The van der Waals surface area contributed by atoms with Gasteiger partial charge in [0.25, 0.3) is 0 Å². The maximum Gasteiger partial charge on any atom is 0.234 e. The highest BCUT2D eigenvalue weighted by molar-refractivity contribution is 7.99. The van der Waals surface area contributed by atoms with Crippen molar-refractivity contribution < 1.29 is 14.3 Å². The molecule has 1 aromatic heterocycles. The van der Waals surface area contributed by atoms with Crippen LogP contribution in [0.3, 0.4) is 0 Å². The van der Waals surface area contributed by atoms with E-state index in [4.69, 9.17) is 21.1 Å². The van der Waals surface area contributed by atoms with Crippen LogP contribution in [0.1, 0.15) is 11.4 Å². The molecule has 0 saturated carbocycles. The van der Waals surface area contributed by atoms with E-state index in [0.29, 0.717) is 34.6 Å². The van der Waals surface area contributed by atoms with Crippen LogP contribution in [0.5, 0.6) is 11.5 Å². The highest BCUT2D eigenvalue weighted by atomic mass is 35.5. The molecule has 0 spiro atoms. The van der Waals surface area contributed by atoms with Gasteiger partial charge in [-0.2, -0.15) is 0 Å². The Morgan fingerprint density at radius 2 is 1.97 bits per heavy atom. The second-order valence-electron chi connectivity index (χ2n) is 6.50. The Balaban J connectivity index is 1.67. The molecule has 0 aliphatic rings. The molecule has 0 fully saturated rings. The van der Waals surface area contributed by atoms with Crippen LogP contribution in [-0.4, -0.2) is 40.6 Å². The number of methoxy groups -OCH3 is 2. The number of carbonyl (C=O) groups is 1. The second-order valence-corrected chi connectivity index (χ2v) is 7.88. The van der Waals surface area contributed by atoms with Crippen LogP contribution >= 0.6 is 23.4 Å². The molecule has 0 radical (unpaired) electrons. The quantitative estimate of drug-likeness (QED) is 0.357. The van der Waals surface area contributed by atoms with Crippen molar-refractivity contribution in [3.63, 3.8) is 0 Å². The molecule has 1 amide bonds. The van der Waals surface area contributed by atoms with Gasteiger partial charge in [0.05, 0.1) is 25.7 Å². The number of hydrogen-bond donors (Lipinski definition) is 1. The standard InChI is InChI=1S/C22H23ClN4O3S/c1-4-11-27-20(12-15-5-8-17(29-2)9-6-15)25-26-22(27)31-14-21(28)24-18-13-16(23)7-10-19(18)30-3/h4-10,13H,1,11-12,14H2,2-3H3,(H,24,28). The third-order valence-electron chi connectivity index (χ3n) is 4.39. The van der Waals surface area contributed by atoms with E-state index in [1.54, 1.807) is 31.4 Å². The van der Waals surface area contributed by atoms with Gasteiger partial charge >= 0.3 is 0 Å². The summed E-state index contributed by atoms with van der Waals surface area (Å²) >= 11 is 7.33. The van der Waals surface area contributed by atoms with Gasteiger partial charge in [-0.25, -0.2) is 0 Å². The van der Waals surface area contributed by atoms with Crippen molar-refractivity contribution in [3.8, 4) is 11.5 Å². The lowest BCUT2D eigenvalue weighted by Crippen LogP contribution is -2.15. The summed E-state index contributed by atoms with van der Waals surface area (Å²) in [6.07, 6.45) is 2.39. The SMILES string of the molecule is C=CCn1c(Cc2ccc(OC)cc2)nnc1SCC(=O)Nc1cc(Cl)ccc1OC. The number of benzene rings is 2. The molecule has 0 aliphatic carbocycles. The molecule has 0 saturated heterocycles. The third kappa shape index (κ3) is 6.02. The fourth-order valence-corrected chi connectivity index (χ4v) is 3.83. The zero-order chi connectivity index (χ0) is 22.2. The number of thioether (sulfide) groups is 1. The number of ether oxygens (including phenoxy) is 2. The van der Waals surface area contributed by atoms with Crippen molar-refractivity contribution in [1.29, 1.82) is 0 Å². The molecule has 1 heterocycles. The van der Waals surface area contributed by atoms with E-state index in [1.165, 1.54) is 18.9 Å². The number of halogens is 1. The number of hydrogen-bond acceptors (Lipinski definition) is 6. The number of anilines is 1. The van der Waals surface area contributed by atoms with E-state index in [1.807, 2.05) is 28.8 Å². The smallest absolute Gasteiger partial charge is 0.234 e. The number of amides is 1. The van der Waals surface area contributed by atoms with Crippen molar-refractivity contribution in [2.45, 2.75) is 18.1 Å². The lowest BCUT2D eigenvalue weighted by atomic mass is 10.1. The van der Waals surface area contributed by atoms with Gasteiger partial charge in [-0.1, -0.05) is 41.6 Å². The third-order valence-corrected chi connectivity index (χ3v) is 5.60. The van der Waals surface area contributed by atoms with Gasteiger partial charge in [0.2, 0.25) is 5.91 Å². The van der Waals surface area contributed by atoms with E-state index in [9.17, 15) is 4.79 Å². The molecule has 2 aromatic carbocycles. The predicted octanol–water partition coefficient (Wildman–Crippen LogP) is 4.46. The van der Waals surface area contributed by atoms with Gasteiger partial charge < -0.3 is 19.4 Å². The van der Waals surface area contributed by atoms with E-state index in [-0.39, 0.29) is 11.7 Å². The second kappa shape index (κ2) is 10.9. The first-order chi connectivity index (χ1) is 15.0. The average Bonchev–Trinajstić information content (AvgIpc) is 3.14. The molecule has 0 bridgehead atoms. The Bertz CT molecular complexity index is 1050. The Kier molecular flexibility index (Phi) is 7.97. The minimum absolute atomic E-state index is 0.160. The first-order valence-electron chi connectivity index (χ1n) is 9.46. The molecule has 9 heteroatoms. The fraction of sp³-hybridized carbons (Fsp3) is 0.227. The first-order valence-corrected chi connectivity index (χ1v) is 10.8. The van der Waals surface area contributed by atoms with Crippen molar-refractivity contribution in [3.05, 3.63) is 71.5 Å². The lowest BCUT2D eigenvalue weighted by Gasteiger charge is -2.11. The summed E-state index contributed by atoms with van der Waals surface area (Å²) in [4.78, 5) is 12.5. The Morgan fingerprint density at radius 1 is 1.19 bits per heavy atom. The summed E-state index contributed by atoms with van der Waals surface area (Å²) in [5.74, 6) is 2.10. The zero-order valence-corrected chi connectivity index (χ0v) is 18.9. The number of aromatic nitrogens is 3. The Hall–Kier alpha value is -2.97. The maximum atomic E-state index is 12.5. The molecule has 3 rings (SSSR count). The maximum absolute atomic E-state index is 12.5. The Morgan fingerprint density at radius 3 is 2.65 bits per heavy atom. The van der Waals surface area contributed by atoms with Crippen molar-refractivity contribution in [2.75, 3.05) is 25.3 Å². The summed E-state index contributed by atoms with van der Waals surface area (Å²) in [5.41, 5.74) is 1.61. The predicted molar refractivity (Wildman–Crippen MR) is 123 cm³/mol. The normalized spacial score (nSPS) is 10.5. The monoisotopic (exact) mass is 458 g/mol. The highest BCUT2D eigenvalue weighted by Crippen LogP contribution is 2.28. The minimum Gasteiger partial charge on any atom is -0.497 e. The van der Waals surface area contributed by atoms with E-state index >= 15 is 0 Å². The van der Waals surface area contributed by atoms with Crippen LogP contribution in [0, 0.1) is 0 Å². The summed E-state index contributed by atoms with van der Waals surface area (Å²) in [5, 5.41) is 12.6. The van der Waals surface area contributed by atoms with Gasteiger partial charge in [-0.15, -0.1) is 16.8 Å². The van der Waals surface area contributed by atoms with Crippen LogP contribution in [0.15, 0.2) is 60.3 Å². The number of carbonyl (C=O) groups excluding carboxylic acids is 1. The van der Waals surface area contributed by atoms with Crippen LogP contribution in [-0.2, 0) is 17.8 Å². The van der Waals surface area contributed by atoms with E-state index in [0.717, 1.165) is 17.1 Å². The molecule has 0 aliphatic heterocycles. The molecular weight excluding hydrogens is 436 g/mol. The molecule has 0 unspecified atom stereocenters. The first kappa shape index (κ1) is 22.7. The van der Waals surface area contributed by atoms with Gasteiger partial charge in [-0.3, -0.25) is 4.79 Å². The summed E-state index contributed by atoms with van der Waals surface area (Å²) in [6.45, 7) is 4.36. The highest BCUT2D eigenvalue weighted by Gasteiger charge is 2.15. The van der Waals surface area contributed by atoms with Gasteiger partial charge in [0.1, 0.15) is 17.3 Å². The van der Waals surface area contributed by atoms with E-state index in [2.05, 4.69) is 22.1 Å². The number of nitrogens with zero attached hydrogens (tertiary/aromatic N) is 3. The van der Waals surface area contributed by atoms with Crippen molar-refractivity contribution in [2.24, 2.45) is 0 Å². The lowest BCUT2D eigenvalue weighted by molar-refractivity contribution is -0.113. The summed E-state index contributed by atoms with van der Waals surface area (Å²) in [7, 11) is 3.17. The molecule has 31 heavy (non-hydrogen) atoms. The molecule has 3 aromatic rings. The van der Waals surface area contributed by atoms with Crippen molar-refractivity contribution >= 4 is 35.0 Å². The zero-order valence-electron chi connectivity index (χ0n) is 17.3. The van der Waals surface area contributed by atoms with Crippen LogP contribution < -0.4 is 14.8 Å². The number of nitrogens with one attached hydrogen (secondary N) is 1. The summed E-state index contributed by atoms with van der Waals surface area (Å²) in [6, 6.07) is 12.9. The van der Waals surface area contributed by atoms with E-state index < -0.39 is 0 Å². The Labute approximate surface area is 190 Å². The van der Waals surface area contributed by atoms with Gasteiger partial charge in [0.15, 0.2) is 5.16 Å². The van der Waals surface area contributed by atoms with Crippen molar-refractivity contribution in [1.82, 2.24) is 14.8 Å².